The first-order chi connectivity index (χ1) is 10.1. The molecule has 1 atom stereocenters. The topological polar surface area (TPSA) is 75.7 Å². The van der Waals surface area contributed by atoms with Crippen molar-refractivity contribution >= 4 is 21.6 Å². The number of nitrogens with zero attached hydrogens (tertiary/aromatic N) is 1. The standard InChI is InChI=1S/C14H18N2O4S/c17-14-2-1-8-16(14)12-3-5-13(6-4-12)21(18,19)15-11-7-9-20-10-11/h3-6,11,15H,1-2,7-10H2/t11-/m0/s1. The van der Waals surface area contributed by atoms with Crippen LogP contribution in [0.4, 0.5) is 5.69 Å². The van der Waals surface area contributed by atoms with E-state index in [1.54, 1.807) is 29.2 Å². The zero-order valence-electron chi connectivity index (χ0n) is 11.6. The first-order valence-corrected chi connectivity index (χ1v) is 8.55. The normalized spacial score (nSPS) is 23.0. The third-order valence-electron chi connectivity index (χ3n) is 3.78. The number of carbonyl (C=O) groups excluding carboxylic acids is 1. The Morgan fingerprint density at radius 2 is 2.00 bits per heavy atom. The summed E-state index contributed by atoms with van der Waals surface area (Å²) in [6, 6.07) is 6.29. The predicted molar refractivity (Wildman–Crippen MR) is 77.6 cm³/mol. The van der Waals surface area contributed by atoms with E-state index in [1.165, 1.54) is 0 Å². The lowest BCUT2D eigenvalue weighted by Gasteiger charge is -2.16. The van der Waals surface area contributed by atoms with Gasteiger partial charge in [-0.2, -0.15) is 0 Å². The summed E-state index contributed by atoms with van der Waals surface area (Å²) >= 11 is 0. The van der Waals surface area contributed by atoms with Crippen LogP contribution in [0.5, 0.6) is 0 Å². The van der Waals surface area contributed by atoms with Crippen molar-refractivity contribution in [3.8, 4) is 0 Å². The third-order valence-corrected chi connectivity index (χ3v) is 5.32. The van der Waals surface area contributed by atoms with E-state index in [2.05, 4.69) is 4.72 Å². The van der Waals surface area contributed by atoms with Crippen LogP contribution < -0.4 is 9.62 Å². The van der Waals surface area contributed by atoms with Crippen LogP contribution in [0, 0.1) is 0 Å². The molecule has 0 radical (unpaired) electrons. The average Bonchev–Trinajstić information content (AvgIpc) is 3.10. The van der Waals surface area contributed by atoms with Crippen molar-refractivity contribution in [2.45, 2.75) is 30.2 Å². The van der Waals surface area contributed by atoms with Crippen molar-refractivity contribution in [1.82, 2.24) is 4.72 Å². The Hall–Kier alpha value is -1.44. The second-order valence-electron chi connectivity index (χ2n) is 5.32. The highest BCUT2D eigenvalue weighted by Gasteiger charge is 2.25. The lowest BCUT2D eigenvalue weighted by molar-refractivity contribution is -0.117. The summed E-state index contributed by atoms with van der Waals surface area (Å²) in [7, 11) is -3.53. The molecular weight excluding hydrogens is 292 g/mol. The van der Waals surface area contributed by atoms with Gasteiger partial charge < -0.3 is 9.64 Å². The summed E-state index contributed by atoms with van der Waals surface area (Å²) in [6.45, 7) is 1.70. The molecule has 1 amide bonds. The highest BCUT2D eigenvalue weighted by atomic mass is 32.2. The molecule has 2 aliphatic heterocycles. The van der Waals surface area contributed by atoms with Gasteiger partial charge in [-0.05, 0) is 37.1 Å². The molecular formula is C14H18N2O4S. The molecule has 0 aromatic heterocycles. The summed E-state index contributed by atoms with van der Waals surface area (Å²) in [6.07, 6.45) is 2.10. The van der Waals surface area contributed by atoms with Crippen LogP contribution in [0.25, 0.3) is 0 Å². The number of carbonyl (C=O) groups is 1. The number of benzene rings is 1. The largest absolute Gasteiger partial charge is 0.380 e. The number of rotatable bonds is 4. The Morgan fingerprint density at radius 1 is 1.24 bits per heavy atom. The summed E-state index contributed by atoms with van der Waals surface area (Å²) in [5, 5.41) is 0. The minimum Gasteiger partial charge on any atom is -0.380 e. The van der Waals surface area contributed by atoms with E-state index < -0.39 is 10.0 Å². The zero-order valence-corrected chi connectivity index (χ0v) is 12.4. The number of ether oxygens (including phenoxy) is 1. The van der Waals surface area contributed by atoms with Crippen LogP contribution in [0.2, 0.25) is 0 Å². The summed E-state index contributed by atoms with van der Waals surface area (Å²) in [5.41, 5.74) is 0.751. The minimum absolute atomic E-state index is 0.0897. The highest BCUT2D eigenvalue weighted by Crippen LogP contribution is 2.23. The number of nitrogens with one attached hydrogen (secondary N) is 1. The van der Waals surface area contributed by atoms with Gasteiger partial charge in [0.15, 0.2) is 0 Å². The van der Waals surface area contributed by atoms with Gasteiger partial charge in [-0.25, -0.2) is 13.1 Å². The van der Waals surface area contributed by atoms with Crippen LogP contribution in [0.15, 0.2) is 29.2 Å². The van der Waals surface area contributed by atoms with Crippen molar-refractivity contribution in [1.29, 1.82) is 0 Å². The second-order valence-corrected chi connectivity index (χ2v) is 7.04. The molecule has 3 rings (SSSR count). The number of anilines is 1. The maximum absolute atomic E-state index is 12.2. The van der Waals surface area contributed by atoms with Crippen molar-refractivity contribution < 1.29 is 17.9 Å². The lowest BCUT2D eigenvalue weighted by atomic mass is 10.3. The number of hydrogen-bond acceptors (Lipinski definition) is 4. The monoisotopic (exact) mass is 310 g/mol. The Kier molecular flexibility index (Phi) is 3.97. The minimum atomic E-state index is -3.53. The van der Waals surface area contributed by atoms with E-state index >= 15 is 0 Å². The van der Waals surface area contributed by atoms with E-state index in [4.69, 9.17) is 4.74 Å². The molecule has 7 heteroatoms. The Labute approximate surface area is 124 Å². The van der Waals surface area contributed by atoms with E-state index in [-0.39, 0.29) is 16.8 Å². The molecule has 2 aliphatic rings. The Balaban J connectivity index is 1.75. The molecule has 21 heavy (non-hydrogen) atoms. The molecule has 0 unspecified atom stereocenters. The quantitative estimate of drug-likeness (QED) is 0.896. The van der Waals surface area contributed by atoms with E-state index in [1.807, 2.05) is 0 Å². The molecule has 0 aliphatic carbocycles. The molecule has 0 bridgehead atoms. The van der Waals surface area contributed by atoms with Gasteiger partial charge in [0.25, 0.3) is 0 Å². The Morgan fingerprint density at radius 3 is 2.57 bits per heavy atom. The van der Waals surface area contributed by atoms with Gasteiger partial charge >= 0.3 is 0 Å². The molecule has 6 nitrogen and oxygen atoms in total. The van der Waals surface area contributed by atoms with Gasteiger partial charge in [-0.1, -0.05) is 0 Å². The van der Waals surface area contributed by atoms with E-state index in [9.17, 15) is 13.2 Å². The highest BCUT2D eigenvalue weighted by molar-refractivity contribution is 7.89. The fraction of sp³-hybridized carbons (Fsp3) is 0.500. The van der Waals surface area contributed by atoms with Gasteiger partial charge in [0.1, 0.15) is 0 Å². The second kappa shape index (κ2) is 5.75. The molecule has 2 heterocycles. The van der Waals surface area contributed by atoms with E-state index in [0.29, 0.717) is 32.6 Å². The molecule has 114 valence electrons. The van der Waals surface area contributed by atoms with Crippen LogP contribution in [0.1, 0.15) is 19.3 Å². The molecule has 0 saturated carbocycles. The van der Waals surface area contributed by atoms with Crippen LogP contribution in [-0.2, 0) is 19.6 Å². The summed E-state index contributed by atoms with van der Waals surface area (Å²) < 4.78 is 32.3. The average molecular weight is 310 g/mol. The maximum Gasteiger partial charge on any atom is 0.240 e. The first-order valence-electron chi connectivity index (χ1n) is 7.07. The summed E-state index contributed by atoms with van der Waals surface area (Å²) in [4.78, 5) is 13.6. The van der Waals surface area contributed by atoms with Crippen LogP contribution in [0.3, 0.4) is 0 Å². The summed E-state index contributed by atoms with van der Waals surface area (Å²) in [5.74, 6) is 0.0897. The molecule has 2 fully saturated rings. The number of amides is 1. The van der Waals surface area contributed by atoms with Gasteiger partial charge in [0.05, 0.1) is 11.5 Å². The number of sulfonamides is 1. The SMILES string of the molecule is O=C1CCCN1c1ccc(S(=O)(=O)N[C@H]2CCOC2)cc1. The maximum atomic E-state index is 12.2. The van der Waals surface area contributed by atoms with E-state index in [0.717, 1.165) is 12.1 Å². The van der Waals surface area contributed by atoms with Gasteiger partial charge in [-0.15, -0.1) is 0 Å². The van der Waals surface area contributed by atoms with Gasteiger partial charge in [0, 0.05) is 31.3 Å². The molecule has 2 saturated heterocycles. The lowest BCUT2D eigenvalue weighted by Crippen LogP contribution is -2.35. The zero-order chi connectivity index (χ0) is 14.9. The predicted octanol–water partition coefficient (Wildman–Crippen LogP) is 0.881. The smallest absolute Gasteiger partial charge is 0.240 e. The fourth-order valence-electron chi connectivity index (χ4n) is 2.64. The molecule has 1 aromatic rings. The van der Waals surface area contributed by atoms with Crippen LogP contribution >= 0.6 is 0 Å². The van der Waals surface area contributed by atoms with Crippen molar-refractivity contribution in [3.63, 3.8) is 0 Å². The van der Waals surface area contributed by atoms with Crippen LogP contribution in [-0.4, -0.2) is 40.1 Å². The first kappa shape index (κ1) is 14.5. The Bertz CT molecular complexity index is 621. The van der Waals surface area contributed by atoms with Crippen molar-refractivity contribution in [2.75, 3.05) is 24.7 Å². The molecule has 0 spiro atoms. The molecule has 1 N–H and O–H groups in total. The van der Waals surface area contributed by atoms with Crippen molar-refractivity contribution in [2.24, 2.45) is 0 Å². The van der Waals surface area contributed by atoms with Crippen molar-refractivity contribution in [3.05, 3.63) is 24.3 Å². The van der Waals surface area contributed by atoms with Gasteiger partial charge in [0.2, 0.25) is 15.9 Å². The number of hydrogen-bond donors (Lipinski definition) is 1. The third kappa shape index (κ3) is 3.09. The fourth-order valence-corrected chi connectivity index (χ4v) is 3.90. The molecule has 1 aromatic carbocycles. The van der Waals surface area contributed by atoms with Gasteiger partial charge in [-0.3, -0.25) is 4.79 Å².